The minimum atomic E-state index is -3.84. The number of fused-ring (bicyclic) bond motifs is 1. The number of sulfonamides is 1. The van der Waals surface area contributed by atoms with E-state index in [1.54, 1.807) is 0 Å². The Morgan fingerprint density at radius 3 is 2.72 bits per heavy atom. The van der Waals surface area contributed by atoms with Crippen LogP contribution in [0.15, 0.2) is 47.4 Å². The first-order valence-corrected chi connectivity index (χ1v) is 12.6. The van der Waals surface area contributed by atoms with Crippen molar-refractivity contribution in [3.8, 4) is 0 Å². The maximum atomic E-state index is 13.7. The summed E-state index contributed by atoms with van der Waals surface area (Å²) in [7, 11) is -3.84. The number of hydrogen-bond donors (Lipinski definition) is 1. The Morgan fingerprint density at radius 2 is 2.00 bits per heavy atom. The topological polar surface area (TPSA) is 75.7 Å². The minimum Gasteiger partial charge on any atom is -0.371 e. The number of carbonyl (C=O) groups is 1. The molecule has 6 nitrogen and oxygen atoms in total. The fourth-order valence-corrected chi connectivity index (χ4v) is 6.49. The number of halogens is 1. The molecule has 1 aromatic heterocycles. The van der Waals surface area contributed by atoms with Crippen LogP contribution in [0.1, 0.15) is 40.8 Å². The summed E-state index contributed by atoms with van der Waals surface area (Å²) in [5.41, 5.74) is 0.978. The second-order valence-electron chi connectivity index (χ2n) is 8.10. The zero-order valence-electron chi connectivity index (χ0n) is 18.1. The van der Waals surface area contributed by atoms with Crippen molar-refractivity contribution in [1.82, 2.24) is 9.62 Å². The van der Waals surface area contributed by atoms with Crippen LogP contribution in [-0.4, -0.2) is 44.4 Å². The zero-order valence-corrected chi connectivity index (χ0v) is 19.7. The van der Waals surface area contributed by atoms with Gasteiger partial charge in [0.2, 0.25) is 10.0 Å². The van der Waals surface area contributed by atoms with Crippen LogP contribution in [0.25, 0.3) is 10.1 Å². The number of thiophene rings is 1. The first-order chi connectivity index (χ1) is 15.2. The summed E-state index contributed by atoms with van der Waals surface area (Å²) >= 11 is 1.37. The number of morpholine rings is 1. The molecule has 170 valence electrons. The molecule has 1 aliphatic heterocycles. The molecule has 2 aromatic carbocycles. The van der Waals surface area contributed by atoms with Crippen LogP contribution in [0.5, 0.6) is 0 Å². The average Bonchev–Trinajstić information content (AvgIpc) is 3.15. The van der Waals surface area contributed by atoms with Crippen LogP contribution in [0, 0.1) is 12.7 Å². The van der Waals surface area contributed by atoms with E-state index in [4.69, 9.17) is 4.74 Å². The molecule has 0 spiro atoms. The molecule has 1 atom stereocenters. The Balaban J connectivity index is 1.72. The maximum absolute atomic E-state index is 13.7. The van der Waals surface area contributed by atoms with Crippen molar-refractivity contribution >= 4 is 37.4 Å². The van der Waals surface area contributed by atoms with Gasteiger partial charge in [0.05, 0.1) is 22.5 Å². The third-order valence-corrected chi connectivity index (χ3v) is 8.42. The SMILES string of the molecule is Cc1cc(S(=O)(=O)N2CCOC(c3c(C(=O)NC(C)C)sc4ccccc34)C2)ccc1F. The van der Waals surface area contributed by atoms with Crippen molar-refractivity contribution in [3.63, 3.8) is 0 Å². The van der Waals surface area contributed by atoms with Crippen LogP contribution < -0.4 is 5.32 Å². The minimum absolute atomic E-state index is 0.0357. The first-order valence-electron chi connectivity index (χ1n) is 10.4. The molecule has 1 amide bonds. The second-order valence-corrected chi connectivity index (χ2v) is 11.1. The fourth-order valence-electron chi connectivity index (χ4n) is 3.83. The van der Waals surface area contributed by atoms with Gasteiger partial charge >= 0.3 is 0 Å². The fraction of sp³-hybridized carbons (Fsp3) is 0.348. The highest BCUT2D eigenvalue weighted by atomic mass is 32.2. The van der Waals surface area contributed by atoms with Crippen molar-refractivity contribution in [3.05, 3.63) is 64.3 Å². The maximum Gasteiger partial charge on any atom is 0.261 e. The normalized spacial score (nSPS) is 17.7. The number of ether oxygens (including phenoxy) is 1. The van der Waals surface area contributed by atoms with E-state index in [0.29, 0.717) is 10.4 Å². The lowest BCUT2D eigenvalue weighted by Crippen LogP contribution is -2.42. The molecule has 1 saturated heterocycles. The quantitative estimate of drug-likeness (QED) is 0.597. The predicted molar refractivity (Wildman–Crippen MR) is 123 cm³/mol. The zero-order chi connectivity index (χ0) is 23.0. The Labute approximate surface area is 191 Å². The summed E-state index contributed by atoms with van der Waals surface area (Å²) in [4.78, 5) is 13.5. The number of nitrogens with one attached hydrogen (secondary N) is 1. The van der Waals surface area contributed by atoms with Crippen LogP contribution >= 0.6 is 11.3 Å². The Bertz CT molecular complexity index is 1270. The van der Waals surface area contributed by atoms with Crippen molar-refractivity contribution in [2.75, 3.05) is 19.7 Å². The van der Waals surface area contributed by atoms with Gasteiger partial charge in [-0.3, -0.25) is 4.79 Å². The molecule has 4 rings (SSSR count). The summed E-state index contributed by atoms with van der Waals surface area (Å²) in [5.74, 6) is -0.650. The van der Waals surface area contributed by atoms with E-state index in [-0.39, 0.29) is 42.1 Å². The Morgan fingerprint density at radius 1 is 1.25 bits per heavy atom. The summed E-state index contributed by atoms with van der Waals surface area (Å²) in [6, 6.07) is 11.4. The molecule has 0 saturated carbocycles. The molecule has 9 heteroatoms. The van der Waals surface area contributed by atoms with Gasteiger partial charge in [0, 0.05) is 29.4 Å². The molecule has 0 bridgehead atoms. The number of aryl methyl sites for hydroxylation is 1. The molecule has 1 fully saturated rings. The van der Waals surface area contributed by atoms with Gasteiger partial charge in [0.15, 0.2) is 0 Å². The molecule has 3 aromatic rings. The van der Waals surface area contributed by atoms with Crippen LogP contribution in [0.4, 0.5) is 4.39 Å². The lowest BCUT2D eigenvalue weighted by molar-refractivity contribution is -0.00193. The Kier molecular flexibility index (Phi) is 6.35. The number of nitrogens with zero attached hydrogens (tertiary/aromatic N) is 1. The van der Waals surface area contributed by atoms with E-state index in [2.05, 4.69) is 5.32 Å². The van der Waals surface area contributed by atoms with Gasteiger partial charge in [-0.15, -0.1) is 11.3 Å². The van der Waals surface area contributed by atoms with Crippen LogP contribution in [0.3, 0.4) is 0 Å². The highest BCUT2D eigenvalue weighted by molar-refractivity contribution is 7.89. The third-order valence-electron chi connectivity index (χ3n) is 5.38. The van der Waals surface area contributed by atoms with E-state index in [0.717, 1.165) is 10.1 Å². The van der Waals surface area contributed by atoms with Crippen molar-refractivity contribution < 1.29 is 22.3 Å². The highest BCUT2D eigenvalue weighted by Gasteiger charge is 2.35. The molecule has 32 heavy (non-hydrogen) atoms. The number of amides is 1. The molecular formula is C23H25FN2O4S2. The standard InChI is InChI=1S/C23H25FN2O4S2/c1-14(2)25-23(27)22-21(17-6-4-5-7-20(17)31-22)19-13-26(10-11-30-19)32(28,29)16-8-9-18(24)15(3)12-16/h4-9,12,14,19H,10-11,13H2,1-3H3,(H,25,27). The number of hydrogen-bond acceptors (Lipinski definition) is 5. The van der Waals surface area contributed by atoms with E-state index < -0.39 is 21.9 Å². The van der Waals surface area contributed by atoms with Crippen molar-refractivity contribution in [2.24, 2.45) is 0 Å². The predicted octanol–water partition coefficient (Wildman–Crippen LogP) is 4.25. The van der Waals surface area contributed by atoms with Crippen LogP contribution in [-0.2, 0) is 14.8 Å². The lowest BCUT2D eigenvalue weighted by atomic mass is 10.0. The molecule has 0 aliphatic carbocycles. The first kappa shape index (κ1) is 22.8. The number of benzene rings is 2. The van der Waals surface area contributed by atoms with Gasteiger partial charge in [0.1, 0.15) is 5.82 Å². The van der Waals surface area contributed by atoms with Gasteiger partial charge in [-0.25, -0.2) is 12.8 Å². The molecule has 1 aliphatic rings. The monoisotopic (exact) mass is 476 g/mol. The highest BCUT2D eigenvalue weighted by Crippen LogP contribution is 2.39. The Hall–Kier alpha value is -2.33. The van der Waals surface area contributed by atoms with E-state index in [1.165, 1.54) is 40.8 Å². The summed E-state index contributed by atoms with van der Waals surface area (Å²) < 4.78 is 48.5. The van der Waals surface area contributed by atoms with Gasteiger partial charge in [0.25, 0.3) is 5.91 Å². The molecule has 2 heterocycles. The summed E-state index contributed by atoms with van der Waals surface area (Å²) in [6.45, 7) is 5.77. The van der Waals surface area contributed by atoms with Gasteiger partial charge in [-0.05, 0) is 56.0 Å². The largest absolute Gasteiger partial charge is 0.371 e. The molecule has 1 unspecified atom stereocenters. The van der Waals surface area contributed by atoms with Crippen LogP contribution in [0.2, 0.25) is 0 Å². The lowest BCUT2D eigenvalue weighted by Gasteiger charge is -2.32. The third kappa shape index (κ3) is 4.30. The van der Waals surface area contributed by atoms with Crippen molar-refractivity contribution in [2.45, 2.75) is 37.8 Å². The van der Waals surface area contributed by atoms with E-state index in [9.17, 15) is 17.6 Å². The second kappa shape index (κ2) is 8.90. The van der Waals surface area contributed by atoms with E-state index in [1.807, 2.05) is 38.1 Å². The van der Waals surface area contributed by atoms with Gasteiger partial charge < -0.3 is 10.1 Å². The average molecular weight is 477 g/mol. The number of carbonyl (C=O) groups excluding carboxylic acids is 1. The summed E-state index contributed by atoms with van der Waals surface area (Å²) in [6.07, 6.45) is -0.593. The molecule has 0 radical (unpaired) electrons. The smallest absolute Gasteiger partial charge is 0.261 e. The van der Waals surface area contributed by atoms with Gasteiger partial charge in [-0.1, -0.05) is 18.2 Å². The van der Waals surface area contributed by atoms with E-state index >= 15 is 0 Å². The van der Waals surface area contributed by atoms with Crippen molar-refractivity contribution in [1.29, 1.82) is 0 Å². The molecule has 1 N–H and O–H groups in total. The van der Waals surface area contributed by atoms with Gasteiger partial charge in [-0.2, -0.15) is 4.31 Å². The molecular weight excluding hydrogens is 451 g/mol. The summed E-state index contributed by atoms with van der Waals surface area (Å²) in [5, 5.41) is 3.81. The number of rotatable bonds is 5.